The third-order valence-electron chi connectivity index (χ3n) is 2.74. The second kappa shape index (κ2) is 6.38. The van der Waals surface area contributed by atoms with Crippen LogP contribution in [0.2, 0.25) is 0 Å². The summed E-state index contributed by atoms with van der Waals surface area (Å²) in [6.45, 7) is 3.92. The predicted molar refractivity (Wildman–Crippen MR) is 73.7 cm³/mol. The van der Waals surface area contributed by atoms with Gasteiger partial charge < -0.3 is 19.6 Å². The third-order valence-corrected chi connectivity index (χ3v) is 2.74. The zero-order valence-electron chi connectivity index (χ0n) is 11.9. The van der Waals surface area contributed by atoms with Crippen molar-refractivity contribution in [3.05, 3.63) is 35.5 Å². The maximum absolute atomic E-state index is 5.85. The quantitative estimate of drug-likeness (QED) is 0.867. The number of rotatable bonds is 6. The molecule has 20 heavy (non-hydrogen) atoms. The molecule has 0 saturated carbocycles. The van der Waals surface area contributed by atoms with Crippen LogP contribution in [-0.2, 0) is 13.0 Å². The summed E-state index contributed by atoms with van der Waals surface area (Å²) in [5.41, 5.74) is 6.87. The zero-order valence-corrected chi connectivity index (χ0v) is 11.9. The van der Waals surface area contributed by atoms with Gasteiger partial charge in [-0.05, 0) is 25.0 Å². The van der Waals surface area contributed by atoms with Crippen molar-refractivity contribution in [3.8, 4) is 11.5 Å². The van der Waals surface area contributed by atoms with Crippen LogP contribution < -0.4 is 15.2 Å². The Kier molecular flexibility index (Phi) is 4.57. The molecule has 0 aliphatic carbocycles. The number of benzene rings is 1. The molecular formula is C14H19N3O3. The number of ether oxygens (including phenoxy) is 2. The van der Waals surface area contributed by atoms with Crippen LogP contribution in [0, 0.1) is 6.92 Å². The van der Waals surface area contributed by atoms with Gasteiger partial charge in [0.25, 0.3) is 5.89 Å². The topological polar surface area (TPSA) is 83.4 Å². The van der Waals surface area contributed by atoms with Gasteiger partial charge in [-0.15, -0.1) is 10.2 Å². The Morgan fingerprint density at radius 2 is 2.15 bits per heavy atom. The van der Waals surface area contributed by atoms with Crippen LogP contribution in [-0.4, -0.2) is 23.3 Å². The lowest BCUT2D eigenvalue weighted by Gasteiger charge is -2.13. The SMILES string of the molecule is COc1ccc(CC(C)N)c(OCc2nnc(C)o2)c1. The molecule has 1 atom stereocenters. The van der Waals surface area contributed by atoms with Gasteiger partial charge in [-0.2, -0.15) is 0 Å². The Labute approximate surface area is 117 Å². The minimum atomic E-state index is 0.0522. The van der Waals surface area contributed by atoms with Gasteiger partial charge in [-0.3, -0.25) is 0 Å². The van der Waals surface area contributed by atoms with Gasteiger partial charge in [-0.25, -0.2) is 0 Å². The summed E-state index contributed by atoms with van der Waals surface area (Å²) in [4.78, 5) is 0. The molecule has 1 aromatic heterocycles. The summed E-state index contributed by atoms with van der Waals surface area (Å²) in [7, 11) is 1.62. The van der Waals surface area contributed by atoms with E-state index in [2.05, 4.69) is 10.2 Å². The Hall–Kier alpha value is -2.08. The molecule has 0 radical (unpaired) electrons. The fourth-order valence-electron chi connectivity index (χ4n) is 1.85. The van der Waals surface area contributed by atoms with Crippen molar-refractivity contribution in [1.29, 1.82) is 0 Å². The maximum atomic E-state index is 5.85. The van der Waals surface area contributed by atoms with Crippen LogP contribution in [0.3, 0.4) is 0 Å². The smallest absolute Gasteiger partial charge is 0.253 e. The van der Waals surface area contributed by atoms with E-state index in [1.807, 2.05) is 25.1 Å². The molecule has 1 unspecified atom stereocenters. The van der Waals surface area contributed by atoms with Gasteiger partial charge in [0.2, 0.25) is 5.89 Å². The normalized spacial score (nSPS) is 12.2. The predicted octanol–water partition coefficient (Wildman–Crippen LogP) is 1.86. The Morgan fingerprint density at radius 1 is 1.35 bits per heavy atom. The summed E-state index contributed by atoms with van der Waals surface area (Å²) in [6.07, 6.45) is 0.724. The molecule has 0 aliphatic heterocycles. The van der Waals surface area contributed by atoms with Gasteiger partial charge in [0, 0.05) is 19.0 Å². The van der Waals surface area contributed by atoms with Gasteiger partial charge in [0.05, 0.1) is 7.11 Å². The standard InChI is InChI=1S/C14H19N3O3/c1-9(15)6-11-4-5-12(18-3)7-13(11)19-8-14-17-16-10(2)20-14/h4-5,7,9H,6,8,15H2,1-3H3. The van der Waals surface area contributed by atoms with Crippen LogP contribution in [0.4, 0.5) is 0 Å². The molecule has 0 bridgehead atoms. The molecular weight excluding hydrogens is 258 g/mol. The Bertz CT molecular complexity index is 567. The van der Waals surface area contributed by atoms with Crippen LogP contribution in [0.15, 0.2) is 22.6 Å². The van der Waals surface area contributed by atoms with E-state index in [1.54, 1.807) is 14.0 Å². The highest BCUT2D eigenvalue weighted by atomic mass is 16.5. The van der Waals surface area contributed by atoms with Crippen LogP contribution in [0.5, 0.6) is 11.5 Å². The maximum Gasteiger partial charge on any atom is 0.253 e. The molecule has 0 spiro atoms. The number of nitrogens with zero attached hydrogens (tertiary/aromatic N) is 2. The van der Waals surface area contributed by atoms with Crippen molar-refractivity contribution in [2.24, 2.45) is 5.73 Å². The molecule has 2 aromatic rings. The fourth-order valence-corrected chi connectivity index (χ4v) is 1.85. The summed E-state index contributed by atoms with van der Waals surface area (Å²) < 4.78 is 16.2. The van der Waals surface area contributed by atoms with Crippen molar-refractivity contribution in [1.82, 2.24) is 10.2 Å². The van der Waals surface area contributed by atoms with E-state index in [-0.39, 0.29) is 12.6 Å². The molecule has 0 amide bonds. The second-order valence-electron chi connectivity index (χ2n) is 4.66. The zero-order chi connectivity index (χ0) is 14.5. The number of methoxy groups -OCH3 is 1. The molecule has 0 saturated heterocycles. The van der Waals surface area contributed by atoms with Crippen molar-refractivity contribution < 1.29 is 13.9 Å². The van der Waals surface area contributed by atoms with E-state index < -0.39 is 0 Å². The summed E-state index contributed by atoms with van der Waals surface area (Å²) in [5.74, 6) is 2.41. The van der Waals surface area contributed by atoms with E-state index in [9.17, 15) is 0 Å². The average Bonchev–Trinajstić information content (AvgIpc) is 2.83. The van der Waals surface area contributed by atoms with Gasteiger partial charge in [0.15, 0.2) is 6.61 Å². The van der Waals surface area contributed by atoms with Gasteiger partial charge in [-0.1, -0.05) is 6.07 Å². The Morgan fingerprint density at radius 3 is 2.75 bits per heavy atom. The summed E-state index contributed by atoms with van der Waals surface area (Å²) in [5, 5.41) is 7.66. The van der Waals surface area contributed by atoms with Gasteiger partial charge >= 0.3 is 0 Å². The van der Waals surface area contributed by atoms with E-state index in [1.165, 1.54) is 0 Å². The van der Waals surface area contributed by atoms with Crippen molar-refractivity contribution in [2.45, 2.75) is 32.9 Å². The molecule has 6 nitrogen and oxygen atoms in total. The highest BCUT2D eigenvalue weighted by molar-refractivity contribution is 5.41. The van der Waals surface area contributed by atoms with E-state index in [4.69, 9.17) is 19.6 Å². The minimum Gasteiger partial charge on any atom is -0.497 e. The highest BCUT2D eigenvalue weighted by Crippen LogP contribution is 2.26. The van der Waals surface area contributed by atoms with Crippen LogP contribution in [0.25, 0.3) is 0 Å². The number of hydrogen-bond acceptors (Lipinski definition) is 6. The van der Waals surface area contributed by atoms with Crippen molar-refractivity contribution in [3.63, 3.8) is 0 Å². The van der Waals surface area contributed by atoms with E-state index >= 15 is 0 Å². The summed E-state index contributed by atoms with van der Waals surface area (Å²) >= 11 is 0. The molecule has 0 aliphatic rings. The lowest BCUT2D eigenvalue weighted by atomic mass is 10.1. The first kappa shape index (κ1) is 14.3. The van der Waals surface area contributed by atoms with Gasteiger partial charge in [0.1, 0.15) is 11.5 Å². The molecule has 0 fully saturated rings. The molecule has 1 heterocycles. The van der Waals surface area contributed by atoms with E-state index in [0.717, 1.165) is 23.5 Å². The number of aryl methyl sites for hydroxylation is 1. The first-order valence-electron chi connectivity index (χ1n) is 6.42. The fraction of sp³-hybridized carbons (Fsp3) is 0.429. The third kappa shape index (κ3) is 3.71. The monoisotopic (exact) mass is 277 g/mol. The minimum absolute atomic E-state index is 0.0522. The number of nitrogens with two attached hydrogens (primary N) is 1. The molecule has 2 rings (SSSR count). The Balaban J connectivity index is 2.14. The summed E-state index contributed by atoms with van der Waals surface area (Å²) in [6, 6.07) is 5.73. The second-order valence-corrected chi connectivity index (χ2v) is 4.66. The lowest BCUT2D eigenvalue weighted by molar-refractivity contribution is 0.256. The molecule has 6 heteroatoms. The van der Waals surface area contributed by atoms with Crippen LogP contribution in [0.1, 0.15) is 24.3 Å². The highest BCUT2D eigenvalue weighted by Gasteiger charge is 2.10. The largest absolute Gasteiger partial charge is 0.497 e. The van der Waals surface area contributed by atoms with E-state index in [0.29, 0.717) is 11.8 Å². The first-order chi connectivity index (χ1) is 9.58. The first-order valence-corrected chi connectivity index (χ1v) is 6.42. The van der Waals surface area contributed by atoms with Crippen LogP contribution >= 0.6 is 0 Å². The molecule has 1 aromatic carbocycles. The number of aromatic nitrogens is 2. The number of hydrogen-bond donors (Lipinski definition) is 1. The van der Waals surface area contributed by atoms with Crippen molar-refractivity contribution >= 4 is 0 Å². The molecule has 2 N–H and O–H groups in total. The molecule has 108 valence electrons. The van der Waals surface area contributed by atoms with Crippen molar-refractivity contribution in [2.75, 3.05) is 7.11 Å². The average molecular weight is 277 g/mol. The lowest BCUT2D eigenvalue weighted by Crippen LogP contribution is -2.18.